The summed E-state index contributed by atoms with van der Waals surface area (Å²) in [5.74, 6) is 0.757. The van der Waals surface area contributed by atoms with Gasteiger partial charge in [-0.25, -0.2) is 4.68 Å². The van der Waals surface area contributed by atoms with Gasteiger partial charge in [0.1, 0.15) is 5.60 Å². The molecule has 2 rings (SSSR count). The van der Waals surface area contributed by atoms with Crippen LogP contribution < -0.4 is 10.1 Å². The van der Waals surface area contributed by atoms with Gasteiger partial charge in [0.25, 0.3) is 0 Å². The minimum atomic E-state index is -0.774. The van der Waals surface area contributed by atoms with Gasteiger partial charge in [-0.1, -0.05) is 0 Å². The Morgan fingerprint density at radius 2 is 2.37 bits per heavy atom. The smallest absolute Gasteiger partial charge is 0.216 e. The minimum Gasteiger partial charge on any atom is -0.481 e. The van der Waals surface area contributed by atoms with E-state index in [0.29, 0.717) is 26.1 Å². The molecule has 1 aliphatic heterocycles. The predicted molar refractivity (Wildman–Crippen MR) is 71.2 cm³/mol. The van der Waals surface area contributed by atoms with Crippen LogP contribution in [-0.2, 0) is 18.3 Å². The molecule has 6 nitrogen and oxygen atoms in total. The summed E-state index contributed by atoms with van der Waals surface area (Å²) in [5, 5.41) is 18.0. The standard InChI is InChI=1S/C13H23N3O3/c1-9-11(12(18-4)16(3)15-9)7-14-8-13(17)5-6-19-10(13)2/h10,14,17H,5-8H2,1-4H3. The second-order valence-corrected chi connectivity index (χ2v) is 5.17. The van der Waals surface area contributed by atoms with E-state index in [4.69, 9.17) is 9.47 Å². The summed E-state index contributed by atoms with van der Waals surface area (Å²) >= 11 is 0. The van der Waals surface area contributed by atoms with Crippen LogP contribution in [0.5, 0.6) is 5.88 Å². The molecule has 1 aliphatic rings. The largest absolute Gasteiger partial charge is 0.481 e. The number of aryl methyl sites for hydroxylation is 2. The third-order valence-corrected chi connectivity index (χ3v) is 3.87. The van der Waals surface area contributed by atoms with E-state index in [0.717, 1.165) is 17.1 Å². The highest BCUT2D eigenvalue weighted by atomic mass is 16.5. The van der Waals surface area contributed by atoms with Crippen LogP contribution in [0.25, 0.3) is 0 Å². The van der Waals surface area contributed by atoms with Gasteiger partial charge in [0, 0.05) is 33.2 Å². The molecule has 0 saturated carbocycles. The first-order chi connectivity index (χ1) is 8.98. The normalized spacial score (nSPS) is 26.9. The third kappa shape index (κ3) is 2.75. The zero-order valence-corrected chi connectivity index (χ0v) is 12.1. The van der Waals surface area contributed by atoms with E-state index in [2.05, 4.69) is 10.4 Å². The van der Waals surface area contributed by atoms with Gasteiger partial charge in [0.05, 0.1) is 24.5 Å². The van der Waals surface area contributed by atoms with E-state index in [9.17, 15) is 5.11 Å². The maximum Gasteiger partial charge on any atom is 0.216 e. The summed E-state index contributed by atoms with van der Waals surface area (Å²) in [6.07, 6.45) is 0.543. The average molecular weight is 269 g/mol. The molecule has 0 radical (unpaired) electrons. The summed E-state index contributed by atoms with van der Waals surface area (Å²) in [6, 6.07) is 0. The number of hydrogen-bond donors (Lipinski definition) is 2. The van der Waals surface area contributed by atoms with Gasteiger partial charge in [0.15, 0.2) is 0 Å². The first-order valence-corrected chi connectivity index (χ1v) is 6.59. The summed E-state index contributed by atoms with van der Waals surface area (Å²) < 4.78 is 12.5. The van der Waals surface area contributed by atoms with Crippen LogP contribution in [0.1, 0.15) is 24.6 Å². The molecule has 0 bridgehead atoms. The van der Waals surface area contributed by atoms with Gasteiger partial charge in [-0.05, 0) is 13.8 Å². The lowest BCUT2D eigenvalue weighted by Gasteiger charge is -2.26. The highest BCUT2D eigenvalue weighted by molar-refractivity contribution is 5.30. The van der Waals surface area contributed by atoms with Gasteiger partial charge in [-0.3, -0.25) is 0 Å². The molecule has 0 aliphatic carbocycles. The topological polar surface area (TPSA) is 68.5 Å². The van der Waals surface area contributed by atoms with Crippen molar-refractivity contribution in [3.05, 3.63) is 11.3 Å². The van der Waals surface area contributed by atoms with Crippen LogP contribution in [0, 0.1) is 6.92 Å². The Morgan fingerprint density at radius 1 is 1.63 bits per heavy atom. The Labute approximate surface area is 113 Å². The maximum absolute atomic E-state index is 10.4. The number of hydrogen-bond acceptors (Lipinski definition) is 5. The fourth-order valence-corrected chi connectivity index (χ4v) is 2.55. The second kappa shape index (κ2) is 5.48. The molecule has 0 spiro atoms. The Morgan fingerprint density at radius 3 is 2.95 bits per heavy atom. The Hall–Kier alpha value is -1.11. The number of aromatic nitrogens is 2. The Bertz CT molecular complexity index is 447. The SMILES string of the molecule is COc1c(CNCC2(O)CCOC2C)c(C)nn1C. The van der Waals surface area contributed by atoms with Crippen LogP contribution >= 0.6 is 0 Å². The number of rotatable bonds is 5. The lowest BCUT2D eigenvalue weighted by molar-refractivity contribution is -0.0263. The van der Waals surface area contributed by atoms with Gasteiger partial charge < -0.3 is 19.9 Å². The zero-order valence-electron chi connectivity index (χ0n) is 12.1. The minimum absolute atomic E-state index is 0.128. The quantitative estimate of drug-likeness (QED) is 0.808. The molecule has 2 heterocycles. The number of nitrogens with one attached hydrogen (secondary N) is 1. The second-order valence-electron chi connectivity index (χ2n) is 5.17. The van der Waals surface area contributed by atoms with Crippen LogP contribution in [-0.4, -0.2) is 46.9 Å². The van der Waals surface area contributed by atoms with Crippen molar-refractivity contribution in [3.63, 3.8) is 0 Å². The summed E-state index contributed by atoms with van der Waals surface area (Å²) in [6.45, 7) is 5.61. The van der Waals surface area contributed by atoms with Crippen molar-refractivity contribution in [3.8, 4) is 5.88 Å². The van der Waals surface area contributed by atoms with E-state index in [1.165, 1.54) is 0 Å². The molecule has 0 amide bonds. The van der Waals surface area contributed by atoms with E-state index in [-0.39, 0.29) is 6.10 Å². The molecule has 108 valence electrons. The van der Waals surface area contributed by atoms with E-state index in [1.807, 2.05) is 20.9 Å². The lowest BCUT2D eigenvalue weighted by atomic mass is 9.96. The third-order valence-electron chi connectivity index (χ3n) is 3.87. The van der Waals surface area contributed by atoms with Crippen molar-refractivity contribution in [1.29, 1.82) is 0 Å². The van der Waals surface area contributed by atoms with Gasteiger partial charge in [-0.15, -0.1) is 0 Å². The van der Waals surface area contributed by atoms with Gasteiger partial charge in [-0.2, -0.15) is 5.10 Å². The summed E-state index contributed by atoms with van der Waals surface area (Å²) in [7, 11) is 3.50. The van der Waals surface area contributed by atoms with Crippen molar-refractivity contribution in [2.24, 2.45) is 7.05 Å². The fraction of sp³-hybridized carbons (Fsp3) is 0.769. The van der Waals surface area contributed by atoms with E-state index < -0.39 is 5.60 Å². The number of methoxy groups -OCH3 is 1. The fourth-order valence-electron chi connectivity index (χ4n) is 2.55. The van der Waals surface area contributed by atoms with Crippen molar-refractivity contribution < 1.29 is 14.6 Å². The average Bonchev–Trinajstić information content (AvgIpc) is 2.81. The zero-order chi connectivity index (χ0) is 14.0. The Kier molecular flexibility index (Phi) is 4.13. The first kappa shape index (κ1) is 14.3. The van der Waals surface area contributed by atoms with Crippen molar-refractivity contribution in [2.45, 2.75) is 38.5 Å². The van der Waals surface area contributed by atoms with Crippen LogP contribution in [0.2, 0.25) is 0 Å². The number of nitrogens with zero attached hydrogens (tertiary/aromatic N) is 2. The maximum atomic E-state index is 10.4. The molecule has 1 aromatic heterocycles. The molecule has 19 heavy (non-hydrogen) atoms. The highest BCUT2D eigenvalue weighted by Gasteiger charge is 2.39. The Balaban J connectivity index is 1.96. The molecular weight excluding hydrogens is 246 g/mol. The number of aliphatic hydroxyl groups is 1. The molecule has 2 N–H and O–H groups in total. The van der Waals surface area contributed by atoms with Crippen LogP contribution in [0.15, 0.2) is 0 Å². The molecule has 0 aromatic carbocycles. The first-order valence-electron chi connectivity index (χ1n) is 6.59. The monoisotopic (exact) mass is 269 g/mol. The van der Waals surface area contributed by atoms with Gasteiger partial charge in [0.2, 0.25) is 5.88 Å². The molecule has 1 aromatic rings. The molecule has 6 heteroatoms. The van der Waals surface area contributed by atoms with Crippen LogP contribution in [0.3, 0.4) is 0 Å². The van der Waals surface area contributed by atoms with Crippen LogP contribution in [0.4, 0.5) is 0 Å². The molecular formula is C13H23N3O3. The summed E-state index contributed by atoms with van der Waals surface area (Å²) in [4.78, 5) is 0. The molecule has 2 atom stereocenters. The number of ether oxygens (including phenoxy) is 2. The summed E-state index contributed by atoms with van der Waals surface area (Å²) in [5.41, 5.74) is 1.19. The van der Waals surface area contributed by atoms with E-state index in [1.54, 1.807) is 11.8 Å². The van der Waals surface area contributed by atoms with Crippen molar-refractivity contribution in [2.75, 3.05) is 20.3 Å². The van der Waals surface area contributed by atoms with Crippen molar-refractivity contribution in [1.82, 2.24) is 15.1 Å². The van der Waals surface area contributed by atoms with E-state index >= 15 is 0 Å². The highest BCUT2D eigenvalue weighted by Crippen LogP contribution is 2.25. The molecule has 2 unspecified atom stereocenters. The van der Waals surface area contributed by atoms with Crippen molar-refractivity contribution >= 4 is 0 Å². The molecule has 1 fully saturated rings. The molecule has 1 saturated heterocycles. The predicted octanol–water partition coefficient (Wildman–Crippen LogP) is 0.367. The van der Waals surface area contributed by atoms with Gasteiger partial charge >= 0.3 is 0 Å². The lowest BCUT2D eigenvalue weighted by Crippen LogP contribution is -2.45.